The average molecular weight is 401 g/mol. The predicted octanol–water partition coefficient (Wildman–Crippen LogP) is 2.50. The highest BCUT2D eigenvalue weighted by Crippen LogP contribution is 2.46. The first-order valence-corrected chi connectivity index (χ1v) is 10.1. The number of nitrogens with two attached hydrogens (primary N) is 1. The molecular formula is C21H24FN3O4. The molecule has 5 rings (SSSR count). The summed E-state index contributed by atoms with van der Waals surface area (Å²) in [4.78, 5) is 26.2. The van der Waals surface area contributed by atoms with Crippen LogP contribution < -0.4 is 20.8 Å². The van der Waals surface area contributed by atoms with Crippen LogP contribution in [-0.4, -0.2) is 40.9 Å². The minimum Gasteiger partial charge on any atom is -0.487 e. The zero-order valence-electron chi connectivity index (χ0n) is 16.3. The van der Waals surface area contributed by atoms with Gasteiger partial charge in [0.25, 0.3) is 0 Å². The fourth-order valence-corrected chi connectivity index (χ4v) is 5.40. The molecule has 3 atom stereocenters. The molecule has 0 bridgehead atoms. The Hall–Kier alpha value is -2.61. The molecule has 2 aromatic rings. The average Bonchev–Trinajstić information content (AvgIpc) is 3.06. The molecule has 0 spiro atoms. The molecule has 3 N–H and O–H groups in total. The standard InChI is InChI=1S/C21H24FN3O4/c1-11-9-29-19-16-13(18(26)14(20(27)28)8-25(11)16)7-15(22)17(19)24-6-4-12-3-2-5-21(12,23)10-24/h7-8,11-12H,2-6,9-10,23H2,1H3,(H,27,28)/t11?,12?,21-/m1/s1. The van der Waals surface area contributed by atoms with E-state index in [0.717, 1.165) is 31.7 Å². The fourth-order valence-electron chi connectivity index (χ4n) is 5.40. The normalized spacial score (nSPS) is 28.3. The van der Waals surface area contributed by atoms with Gasteiger partial charge in [-0.3, -0.25) is 4.79 Å². The monoisotopic (exact) mass is 401 g/mol. The van der Waals surface area contributed by atoms with E-state index in [0.29, 0.717) is 36.0 Å². The van der Waals surface area contributed by atoms with E-state index >= 15 is 4.39 Å². The molecule has 3 aliphatic rings. The summed E-state index contributed by atoms with van der Waals surface area (Å²) < 4.78 is 23.0. The minimum absolute atomic E-state index is 0.0333. The molecule has 1 saturated heterocycles. The largest absolute Gasteiger partial charge is 0.487 e. The lowest BCUT2D eigenvalue weighted by Crippen LogP contribution is -2.57. The lowest BCUT2D eigenvalue weighted by Gasteiger charge is -2.44. The second-order valence-corrected chi connectivity index (χ2v) is 8.71. The summed E-state index contributed by atoms with van der Waals surface area (Å²) in [6.45, 7) is 3.37. The molecule has 1 saturated carbocycles. The Balaban J connectivity index is 1.73. The molecule has 1 aromatic carbocycles. The van der Waals surface area contributed by atoms with Crippen LogP contribution in [0.4, 0.5) is 10.1 Å². The topological polar surface area (TPSA) is 97.8 Å². The van der Waals surface area contributed by atoms with Crippen LogP contribution in [0.5, 0.6) is 5.75 Å². The third-order valence-corrected chi connectivity index (χ3v) is 6.93. The number of rotatable bonds is 2. The molecule has 154 valence electrons. The number of halogens is 1. The van der Waals surface area contributed by atoms with Gasteiger partial charge >= 0.3 is 5.97 Å². The van der Waals surface area contributed by atoms with Gasteiger partial charge in [-0.25, -0.2) is 9.18 Å². The van der Waals surface area contributed by atoms with Crippen molar-refractivity contribution in [3.63, 3.8) is 0 Å². The SMILES string of the molecule is CC1COc2c(N3CCC4CCC[C@@]4(N)C3)c(F)cc3c(=O)c(C(=O)O)cn1c23. The number of benzene rings is 1. The highest BCUT2D eigenvalue weighted by atomic mass is 19.1. The quantitative estimate of drug-likeness (QED) is 0.803. The lowest BCUT2D eigenvalue weighted by atomic mass is 9.81. The Kier molecular flexibility index (Phi) is 3.93. The summed E-state index contributed by atoms with van der Waals surface area (Å²) in [5, 5.41) is 9.43. The van der Waals surface area contributed by atoms with Crippen LogP contribution in [0.15, 0.2) is 17.1 Å². The number of piperidine rings is 1. The van der Waals surface area contributed by atoms with Crippen molar-refractivity contribution in [2.75, 3.05) is 24.6 Å². The summed E-state index contributed by atoms with van der Waals surface area (Å²) in [5.74, 6) is -1.13. The van der Waals surface area contributed by atoms with Crippen LogP contribution in [-0.2, 0) is 0 Å². The van der Waals surface area contributed by atoms with Crippen molar-refractivity contribution in [2.45, 2.75) is 44.2 Å². The number of aromatic carboxylic acids is 1. The number of anilines is 1. The van der Waals surface area contributed by atoms with Crippen LogP contribution >= 0.6 is 0 Å². The Morgan fingerprint density at radius 1 is 1.41 bits per heavy atom. The number of carbonyl (C=O) groups is 1. The van der Waals surface area contributed by atoms with Gasteiger partial charge in [-0.05, 0) is 38.2 Å². The first-order valence-electron chi connectivity index (χ1n) is 10.1. The number of hydrogen-bond donors (Lipinski definition) is 2. The van der Waals surface area contributed by atoms with Gasteiger partial charge in [0, 0.05) is 24.8 Å². The predicted molar refractivity (Wildman–Crippen MR) is 106 cm³/mol. The number of fused-ring (bicyclic) bond motifs is 1. The number of carboxylic acid groups (broad SMARTS) is 1. The van der Waals surface area contributed by atoms with Crippen molar-refractivity contribution in [3.8, 4) is 5.75 Å². The highest BCUT2D eigenvalue weighted by Gasteiger charge is 2.45. The van der Waals surface area contributed by atoms with Crippen molar-refractivity contribution in [1.82, 2.24) is 4.57 Å². The van der Waals surface area contributed by atoms with E-state index in [-0.39, 0.29) is 29.1 Å². The molecule has 0 radical (unpaired) electrons. The van der Waals surface area contributed by atoms with Gasteiger partial charge in [0.1, 0.15) is 17.9 Å². The third kappa shape index (κ3) is 2.58. The van der Waals surface area contributed by atoms with Gasteiger partial charge in [-0.2, -0.15) is 0 Å². The third-order valence-electron chi connectivity index (χ3n) is 6.93. The minimum atomic E-state index is -1.32. The van der Waals surface area contributed by atoms with Gasteiger partial charge in [-0.15, -0.1) is 0 Å². The fraction of sp³-hybridized carbons (Fsp3) is 0.524. The maximum absolute atomic E-state index is 15.3. The van der Waals surface area contributed by atoms with Gasteiger partial charge in [0.05, 0.1) is 16.9 Å². The van der Waals surface area contributed by atoms with Gasteiger partial charge in [0.2, 0.25) is 5.43 Å². The molecular weight excluding hydrogens is 377 g/mol. The number of ether oxygens (including phenoxy) is 1. The second kappa shape index (κ2) is 6.19. The van der Waals surface area contributed by atoms with Gasteiger partial charge in [-0.1, -0.05) is 6.42 Å². The molecule has 0 amide bonds. The van der Waals surface area contributed by atoms with Crippen LogP contribution in [0, 0.1) is 11.7 Å². The summed E-state index contributed by atoms with van der Waals surface area (Å²) in [6.07, 6.45) is 5.37. The molecule has 2 fully saturated rings. The first-order chi connectivity index (χ1) is 13.8. The number of hydrogen-bond acceptors (Lipinski definition) is 5. The van der Waals surface area contributed by atoms with Crippen molar-refractivity contribution in [3.05, 3.63) is 33.9 Å². The van der Waals surface area contributed by atoms with E-state index in [2.05, 4.69) is 0 Å². The molecule has 1 aromatic heterocycles. The highest BCUT2D eigenvalue weighted by molar-refractivity contribution is 5.97. The Morgan fingerprint density at radius 2 is 2.21 bits per heavy atom. The van der Waals surface area contributed by atoms with E-state index < -0.39 is 17.2 Å². The van der Waals surface area contributed by atoms with Crippen LogP contribution in [0.1, 0.15) is 49.0 Å². The molecule has 2 unspecified atom stereocenters. The van der Waals surface area contributed by atoms with E-state index in [1.807, 2.05) is 11.8 Å². The summed E-state index contributed by atoms with van der Waals surface area (Å²) >= 11 is 0. The van der Waals surface area contributed by atoms with Crippen molar-refractivity contribution >= 4 is 22.6 Å². The van der Waals surface area contributed by atoms with E-state index in [1.165, 1.54) is 6.20 Å². The summed E-state index contributed by atoms with van der Waals surface area (Å²) in [7, 11) is 0. The molecule has 29 heavy (non-hydrogen) atoms. The molecule has 3 heterocycles. The number of carboxylic acids is 1. The lowest BCUT2D eigenvalue weighted by molar-refractivity contribution is 0.0694. The maximum Gasteiger partial charge on any atom is 0.341 e. The Labute approximate surface area is 166 Å². The molecule has 8 heteroatoms. The van der Waals surface area contributed by atoms with Crippen molar-refractivity contribution in [2.24, 2.45) is 11.7 Å². The van der Waals surface area contributed by atoms with Crippen LogP contribution in [0.3, 0.4) is 0 Å². The Bertz CT molecular complexity index is 1100. The Morgan fingerprint density at radius 3 is 2.97 bits per heavy atom. The molecule has 7 nitrogen and oxygen atoms in total. The first kappa shape index (κ1) is 18.4. The van der Waals surface area contributed by atoms with Crippen molar-refractivity contribution < 1.29 is 19.0 Å². The number of aromatic nitrogens is 1. The van der Waals surface area contributed by atoms with Crippen molar-refractivity contribution in [1.29, 1.82) is 0 Å². The van der Waals surface area contributed by atoms with Crippen LogP contribution in [0.25, 0.3) is 10.9 Å². The number of nitrogens with zero attached hydrogens (tertiary/aromatic N) is 2. The zero-order valence-corrected chi connectivity index (χ0v) is 16.3. The van der Waals surface area contributed by atoms with E-state index in [1.54, 1.807) is 4.57 Å². The van der Waals surface area contributed by atoms with Gasteiger partial charge < -0.3 is 25.0 Å². The zero-order chi connectivity index (χ0) is 20.5. The number of pyridine rings is 1. The van der Waals surface area contributed by atoms with Crippen LogP contribution in [0.2, 0.25) is 0 Å². The van der Waals surface area contributed by atoms with E-state index in [4.69, 9.17) is 10.5 Å². The molecule has 1 aliphatic carbocycles. The maximum atomic E-state index is 15.3. The summed E-state index contributed by atoms with van der Waals surface area (Å²) in [5.41, 5.74) is 6.05. The second-order valence-electron chi connectivity index (χ2n) is 8.71. The van der Waals surface area contributed by atoms with Gasteiger partial charge in [0.15, 0.2) is 11.6 Å². The van der Waals surface area contributed by atoms with E-state index in [9.17, 15) is 14.7 Å². The molecule has 2 aliphatic heterocycles. The summed E-state index contributed by atoms with van der Waals surface area (Å²) in [6, 6.07) is 0.980. The smallest absolute Gasteiger partial charge is 0.341 e.